The highest BCUT2D eigenvalue weighted by Gasteiger charge is 2.03. The van der Waals surface area contributed by atoms with Gasteiger partial charge in [0.1, 0.15) is 0 Å². The van der Waals surface area contributed by atoms with Gasteiger partial charge in [0.05, 0.1) is 10.8 Å². The number of aromatic nitrogens is 3. The zero-order chi connectivity index (χ0) is 8.55. The molecule has 5 heteroatoms. The Bertz CT molecular complexity index is 412. The van der Waals surface area contributed by atoms with Gasteiger partial charge in [0, 0.05) is 6.20 Å². The fourth-order valence-electron chi connectivity index (χ4n) is 0.985. The predicted molar refractivity (Wildman–Crippen MR) is 50.7 cm³/mol. The highest BCUT2D eigenvalue weighted by molar-refractivity contribution is 7.79. The van der Waals surface area contributed by atoms with Gasteiger partial charge in [-0.3, -0.25) is 0 Å². The van der Waals surface area contributed by atoms with Crippen LogP contribution in [0.5, 0.6) is 0 Å². The molecule has 0 saturated heterocycles. The molecule has 2 aromatic rings. The Labute approximate surface area is 79.8 Å². The number of rotatable bonds is 1. The van der Waals surface area contributed by atoms with Gasteiger partial charge in [-0.1, -0.05) is 11.6 Å². The summed E-state index contributed by atoms with van der Waals surface area (Å²) in [4.78, 5) is 4.17. The first-order chi connectivity index (χ1) is 5.81. The Morgan fingerprint density at radius 2 is 2.42 bits per heavy atom. The van der Waals surface area contributed by atoms with Gasteiger partial charge in [0.2, 0.25) is 0 Å². The fourth-order valence-corrected chi connectivity index (χ4v) is 1.32. The number of nitrogens with zero attached hydrogens (tertiary/aromatic N) is 3. The molecule has 2 aromatic heterocycles. The van der Waals surface area contributed by atoms with E-state index in [4.69, 9.17) is 11.6 Å². The molecule has 0 bridgehead atoms. The molecule has 0 radical (unpaired) electrons. The van der Waals surface area contributed by atoms with Crippen molar-refractivity contribution in [3.63, 3.8) is 0 Å². The van der Waals surface area contributed by atoms with E-state index in [0.717, 1.165) is 0 Å². The summed E-state index contributed by atoms with van der Waals surface area (Å²) in [7, 11) is 0. The number of hydrogen-bond donors (Lipinski definition) is 1. The maximum atomic E-state index is 5.88. The van der Waals surface area contributed by atoms with Crippen LogP contribution in [0.2, 0.25) is 5.02 Å². The molecule has 0 N–H and O–H groups in total. The van der Waals surface area contributed by atoms with Crippen molar-refractivity contribution in [2.24, 2.45) is 0 Å². The molecule has 0 atom stereocenters. The van der Waals surface area contributed by atoms with Gasteiger partial charge in [-0.05, 0) is 12.1 Å². The summed E-state index contributed by atoms with van der Waals surface area (Å²) in [6, 6.07) is 3.61. The van der Waals surface area contributed by atoms with Crippen LogP contribution in [-0.2, 0) is 5.75 Å². The molecule has 0 unspecified atom stereocenters. The van der Waals surface area contributed by atoms with Crippen LogP contribution in [0.3, 0.4) is 0 Å². The minimum Gasteiger partial charge on any atom is -0.219 e. The van der Waals surface area contributed by atoms with Gasteiger partial charge in [-0.2, -0.15) is 17.7 Å². The van der Waals surface area contributed by atoms with Crippen LogP contribution in [0.1, 0.15) is 5.82 Å². The number of halogens is 1. The molecular weight excluding hydrogens is 194 g/mol. The lowest BCUT2D eigenvalue weighted by molar-refractivity contribution is 0.925. The lowest BCUT2D eigenvalue weighted by Gasteiger charge is -1.90. The van der Waals surface area contributed by atoms with E-state index >= 15 is 0 Å². The quantitative estimate of drug-likeness (QED) is 0.711. The first kappa shape index (κ1) is 7.89. The molecule has 0 fully saturated rings. The Kier molecular flexibility index (Phi) is 1.94. The summed E-state index contributed by atoms with van der Waals surface area (Å²) in [5.74, 6) is 1.21. The fraction of sp³-hybridized carbons (Fsp3) is 0.143. The summed E-state index contributed by atoms with van der Waals surface area (Å²) in [5.41, 5.74) is 0.684. The van der Waals surface area contributed by atoms with Crippen molar-refractivity contribution >= 4 is 29.9 Å². The summed E-state index contributed by atoms with van der Waals surface area (Å²) < 4.78 is 1.65. The Balaban J connectivity index is 2.74. The highest BCUT2D eigenvalue weighted by Crippen LogP contribution is 2.14. The minimum atomic E-state index is 0.526. The van der Waals surface area contributed by atoms with Crippen molar-refractivity contribution in [2.45, 2.75) is 5.75 Å². The van der Waals surface area contributed by atoms with E-state index in [1.807, 2.05) is 6.07 Å². The predicted octanol–water partition coefficient (Wildman–Crippen LogP) is 1.81. The zero-order valence-corrected chi connectivity index (χ0v) is 7.76. The highest BCUT2D eigenvalue weighted by atomic mass is 35.5. The largest absolute Gasteiger partial charge is 0.219 e. The van der Waals surface area contributed by atoms with Crippen molar-refractivity contribution in [1.82, 2.24) is 14.6 Å². The monoisotopic (exact) mass is 199 g/mol. The molecule has 12 heavy (non-hydrogen) atoms. The summed E-state index contributed by atoms with van der Waals surface area (Å²) in [6.07, 6.45) is 1.81. The third kappa shape index (κ3) is 1.17. The second kappa shape index (κ2) is 2.95. The van der Waals surface area contributed by atoms with Crippen molar-refractivity contribution in [3.8, 4) is 0 Å². The molecule has 3 nitrogen and oxygen atoms in total. The van der Waals surface area contributed by atoms with E-state index in [1.54, 1.807) is 16.8 Å². The molecule has 0 amide bonds. The van der Waals surface area contributed by atoms with Crippen LogP contribution < -0.4 is 0 Å². The molecule has 0 aliphatic carbocycles. The standard InChI is InChI=1S/C7H6ClN3S/c8-5-2-1-3-11-7(5)9-6(4-12)10-11/h1-3,12H,4H2. The van der Waals surface area contributed by atoms with Gasteiger partial charge >= 0.3 is 0 Å². The lowest BCUT2D eigenvalue weighted by atomic mass is 10.5. The number of pyridine rings is 1. The molecule has 0 saturated carbocycles. The summed E-state index contributed by atoms with van der Waals surface area (Å²) in [5, 5.41) is 4.75. The van der Waals surface area contributed by atoms with E-state index < -0.39 is 0 Å². The number of thiol groups is 1. The van der Waals surface area contributed by atoms with Gasteiger partial charge in [0.25, 0.3) is 0 Å². The Hall–Kier alpha value is -0.740. The summed E-state index contributed by atoms with van der Waals surface area (Å²) in [6.45, 7) is 0. The molecule has 0 aliphatic heterocycles. The maximum absolute atomic E-state index is 5.88. The third-order valence-electron chi connectivity index (χ3n) is 1.50. The molecular formula is C7H6ClN3S. The minimum absolute atomic E-state index is 0.526. The first-order valence-electron chi connectivity index (χ1n) is 3.42. The van der Waals surface area contributed by atoms with E-state index in [9.17, 15) is 0 Å². The van der Waals surface area contributed by atoms with E-state index in [1.165, 1.54) is 0 Å². The van der Waals surface area contributed by atoms with Crippen LogP contribution in [0.15, 0.2) is 18.3 Å². The number of fused-ring (bicyclic) bond motifs is 1. The first-order valence-corrected chi connectivity index (χ1v) is 4.43. The summed E-state index contributed by atoms with van der Waals surface area (Å²) >= 11 is 9.95. The van der Waals surface area contributed by atoms with Crippen molar-refractivity contribution in [2.75, 3.05) is 0 Å². The number of hydrogen-bond acceptors (Lipinski definition) is 3. The average molecular weight is 200 g/mol. The van der Waals surface area contributed by atoms with Crippen LogP contribution in [-0.4, -0.2) is 14.6 Å². The lowest BCUT2D eigenvalue weighted by Crippen LogP contribution is -1.86. The maximum Gasteiger partial charge on any atom is 0.174 e. The van der Waals surface area contributed by atoms with Crippen LogP contribution in [0.25, 0.3) is 5.65 Å². The van der Waals surface area contributed by atoms with E-state index in [2.05, 4.69) is 22.7 Å². The smallest absolute Gasteiger partial charge is 0.174 e. The van der Waals surface area contributed by atoms with Gasteiger partial charge < -0.3 is 0 Å². The molecule has 0 aliphatic rings. The zero-order valence-electron chi connectivity index (χ0n) is 6.11. The van der Waals surface area contributed by atoms with Crippen molar-refractivity contribution < 1.29 is 0 Å². The van der Waals surface area contributed by atoms with Crippen molar-refractivity contribution in [3.05, 3.63) is 29.2 Å². The van der Waals surface area contributed by atoms with Gasteiger partial charge in [-0.15, -0.1) is 0 Å². The van der Waals surface area contributed by atoms with E-state index in [0.29, 0.717) is 22.2 Å². The molecule has 0 spiro atoms. The Morgan fingerprint density at radius 1 is 1.58 bits per heavy atom. The van der Waals surface area contributed by atoms with Crippen LogP contribution in [0, 0.1) is 0 Å². The second-order valence-electron chi connectivity index (χ2n) is 2.31. The van der Waals surface area contributed by atoms with Crippen LogP contribution in [0.4, 0.5) is 0 Å². The van der Waals surface area contributed by atoms with Crippen LogP contribution >= 0.6 is 24.2 Å². The van der Waals surface area contributed by atoms with E-state index in [-0.39, 0.29) is 0 Å². The van der Waals surface area contributed by atoms with Crippen molar-refractivity contribution in [1.29, 1.82) is 0 Å². The van der Waals surface area contributed by atoms with Gasteiger partial charge in [-0.25, -0.2) is 9.50 Å². The molecule has 62 valence electrons. The molecule has 2 rings (SSSR count). The normalized spacial score (nSPS) is 10.8. The SMILES string of the molecule is SCc1nc2c(Cl)cccn2n1. The third-order valence-corrected chi connectivity index (χ3v) is 2.08. The second-order valence-corrected chi connectivity index (χ2v) is 3.03. The Morgan fingerprint density at radius 3 is 3.08 bits per heavy atom. The topological polar surface area (TPSA) is 30.2 Å². The average Bonchev–Trinajstić information content (AvgIpc) is 2.49. The van der Waals surface area contributed by atoms with Gasteiger partial charge in [0.15, 0.2) is 11.5 Å². The molecule has 2 heterocycles. The molecule has 0 aromatic carbocycles.